The summed E-state index contributed by atoms with van der Waals surface area (Å²) in [6.45, 7) is -0.455. The third-order valence-electron chi connectivity index (χ3n) is 22.7. The first kappa shape index (κ1) is 67.6. The minimum absolute atomic E-state index is 0.455. The van der Waals surface area contributed by atoms with Crippen molar-refractivity contribution in [2.75, 3.05) is 19.6 Å². The van der Waals surface area contributed by atoms with E-state index >= 15 is 0 Å². The number of rotatable bonds is 16. The zero-order chi connectivity index (χ0) is 75.4. The Kier molecular flexibility index (Phi) is 17.2. The number of para-hydroxylation sites is 4. The maximum atomic E-state index is 2.77. The fourth-order valence-corrected chi connectivity index (χ4v) is 18.9. The number of benzene rings is 18. The molecule has 19 aromatic rings. The second-order valence-electron chi connectivity index (χ2n) is 29.4. The van der Waals surface area contributed by atoms with Crippen molar-refractivity contribution in [2.24, 2.45) is 0 Å². The first-order chi connectivity index (χ1) is 56.6. The van der Waals surface area contributed by atoms with Crippen molar-refractivity contribution >= 4 is 123 Å². The van der Waals surface area contributed by atoms with Crippen LogP contribution in [0.3, 0.4) is 0 Å². The molecule has 0 N–H and O–H groups in total. The third-order valence-corrected chi connectivity index (χ3v) is 23.9. The van der Waals surface area contributed by atoms with E-state index in [2.05, 4.69) is 462 Å². The van der Waals surface area contributed by atoms with Gasteiger partial charge in [0, 0.05) is 88.7 Å². The van der Waals surface area contributed by atoms with Gasteiger partial charge in [-0.05, 0) is 181 Å². The van der Waals surface area contributed by atoms with Crippen LogP contribution in [0.5, 0.6) is 0 Å². The van der Waals surface area contributed by atoms with Crippen molar-refractivity contribution in [3.8, 4) is 89.0 Å². The van der Waals surface area contributed by atoms with Crippen LogP contribution in [0.1, 0.15) is 0 Å². The zero-order valence-corrected chi connectivity index (χ0v) is 63.2. The van der Waals surface area contributed by atoms with Gasteiger partial charge >= 0.3 is 0 Å². The Morgan fingerprint density at radius 1 is 0.211 bits per heavy atom. The molecule has 0 saturated carbocycles. The molecule has 21 rings (SSSR count). The molecule has 4 nitrogen and oxygen atoms in total. The van der Waals surface area contributed by atoms with Crippen molar-refractivity contribution in [1.29, 1.82) is 0 Å². The molecule has 2 aliphatic rings. The SMILES string of the molecule is c1ccc(-c2cc(-c3ccccc3)c(N3c4cc(-c5ccccc5)c(N(c5ccccc5)c5ccccc5)cc4B4c5cc(N(c6ccccc6)c6ccccc6)c(-c6ccccc6)cc5N(c5c(-c6ccccc6)cc(-c6ccccc6)cc5-c5ccccc5)c5c4c3cc3c5sc4ccccc43)c(-c3ccccc3)c2)cc1. The topological polar surface area (TPSA) is 13.0 Å². The maximum Gasteiger partial charge on any atom is 0.252 e. The summed E-state index contributed by atoms with van der Waals surface area (Å²) in [6, 6.07) is 165. The zero-order valence-electron chi connectivity index (χ0n) is 62.4. The Labute approximate surface area is 669 Å². The Hall–Kier alpha value is -14.6. The molecule has 1 aromatic heterocycles. The monoisotopic (exact) mass is 1470 g/mol. The molecule has 0 saturated heterocycles. The van der Waals surface area contributed by atoms with Gasteiger partial charge in [0.2, 0.25) is 0 Å². The number of hydrogen-bond acceptors (Lipinski definition) is 5. The van der Waals surface area contributed by atoms with Crippen LogP contribution < -0.4 is 36.0 Å². The molecule has 0 unspecified atom stereocenters. The van der Waals surface area contributed by atoms with Gasteiger partial charge in [-0.2, -0.15) is 0 Å². The number of thiophene rings is 1. The third kappa shape index (κ3) is 11.9. The molecule has 0 bridgehead atoms. The van der Waals surface area contributed by atoms with Crippen LogP contribution in [-0.4, -0.2) is 6.71 Å². The Bertz CT molecular complexity index is 6450. The van der Waals surface area contributed by atoms with E-state index in [1.54, 1.807) is 0 Å². The highest BCUT2D eigenvalue weighted by Gasteiger charge is 2.48. The van der Waals surface area contributed by atoms with Gasteiger partial charge < -0.3 is 19.6 Å². The van der Waals surface area contributed by atoms with E-state index in [0.29, 0.717) is 0 Å². The number of anilines is 12. The average Bonchev–Trinajstić information content (AvgIpc) is 1.12. The molecule has 0 amide bonds. The van der Waals surface area contributed by atoms with Gasteiger partial charge in [0.1, 0.15) is 0 Å². The first-order valence-electron chi connectivity index (χ1n) is 39.2. The van der Waals surface area contributed by atoms with E-state index in [4.69, 9.17) is 0 Å². The molecule has 0 radical (unpaired) electrons. The molecular formula is C108H73BN4S. The lowest BCUT2D eigenvalue weighted by Crippen LogP contribution is -2.61. The molecule has 534 valence electrons. The molecule has 18 aromatic carbocycles. The maximum absolute atomic E-state index is 2.77. The predicted octanol–water partition coefficient (Wildman–Crippen LogP) is 28.4. The molecule has 0 atom stereocenters. The fourth-order valence-electron chi connectivity index (χ4n) is 17.7. The van der Waals surface area contributed by atoms with E-state index in [1.165, 1.54) is 25.6 Å². The summed E-state index contributed by atoms with van der Waals surface area (Å²) >= 11 is 1.90. The predicted molar refractivity (Wildman–Crippen MR) is 486 cm³/mol. The van der Waals surface area contributed by atoms with Crippen molar-refractivity contribution in [2.45, 2.75) is 0 Å². The Balaban J connectivity index is 1.01. The number of nitrogens with zero attached hydrogens (tertiary/aromatic N) is 4. The molecule has 0 aliphatic carbocycles. The molecular weight excluding hydrogens is 1400 g/mol. The van der Waals surface area contributed by atoms with Crippen LogP contribution >= 0.6 is 11.3 Å². The van der Waals surface area contributed by atoms with E-state index in [-0.39, 0.29) is 0 Å². The van der Waals surface area contributed by atoms with E-state index in [9.17, 15) is 0 Å². The highest BCUT2D eigenvalue weighted by molar-refractivity contribution is 7.26. The van der Waals surface area contributed by atoms with Gasteiger partial charge in [-0.3, -0.25) is 0 Å². The van der Waals surface area contributed by atoms with E-state index < -0.39 is 6.71 Å². The number of hydrogen-bond donors (Lipinski definition) is 0. The highest BCUT2D eigenvalue weighted by Crippen LogP contribution is 2.59. The van der Waals surface area contributed by atoms with Crippen LogP contribution in [0.15, 0.2) is 443 Å². The van der Waals surface area contributed by atoms with Crippen molar-refractivity contribution in [3.05, 3.63) is 443 Å². The van der Waals surface area contributed by atoms with Crippen LogP contribution in [0.2, 0.25) is 0 Å². The smallest absolute Gasteiger partial charge is 0.252 e. The number of fused-ring (bicyclic) bond motifs is 8. The molecule has 0 spiro atoms. The fraction of sp³-hybridized carbons (Fsp3) is 0. The van der Waals surface area contributed by atoms with Gasteiger partial charge in [-0.15, -0.1) is 11.3 Å². The quantitative estimate of drug-likeness (QED) is 0.0894. The lowest BCUT2D eigenvalue weighted by atomic mass is 9.33. The lowest BCUT2D eigenvalue weighted by molar-refractivity contribution is 1.25. The minimum atomic E-state index is -0.455. The van der Waals surface area contributed by atoms with Gasteiger partial charge in [-0.1, -0.05) is 334 Å². The van der Waals surface area contributed by atoms with Crippen LogP contribution in [0.25, 0.3) is 109 Å². The summed E-state index contributed by atoms with van der Waals surface area (Å²) in [4.78, 5) is 10.5. The molecule has 0 fully saturated rings. The second kappa shape index (κ2) is 29.0. The van der Waals surface area contributed by atoms with Crippen molar-refractivity contribution in [3.63, 3.8) is 0 Å². The van der Waals surface area contributed by atoms with Crippen LogP contribution in [0, 0.1) is 0 Å². The van der Waals surface area contributed by atoms with Crippen molar-refractivity contribution < 1.29 is 0 Å². The van der Waals surface area contributed by atoms with Crippen LogP contribution in [0.4, 0.5) is 68.2 Å². The summed E-state index contributed by atoms with van der Waals surface area (Å²) in [6.07, 6.45) is 0. The van der Waals surface area contributed by atoms with Gasteiger partial charge in [0.05, 0.1) is 33.1 Å². The molecule has 2 aliphatic heterocycles. The summed E-state index contributed by atoms with van der Waals surface area (Å²) < 4.78 is 2.41. The van der Waals surface area contributed by atoms with E-state index in [0.717, 1.165) is 168 Å². The van der Waals surface area contributed by atoms with Gasteiger partial charge in [0.25, 0.3) is 6.71 Å². The highest BCUT2D eigenvalue weighted by atomic mass is 32.1. The Morgan fingerprint density at radius 2 is 0.491 bits per heavy atom. The molecule has 114 heavy (non-hydrogen) atoms. The molecule has 6 heteroatoms. The summed E-state index contributed by atoms with van der Waals surface area (Å²) in [5, 5.41) is 2.38. The largest absolute Gasteiger partial charge is 0.310 e. The summed E-state index contributed by atoms with van der Waals surface area (Å²) in [5.41, 5.74) is 34.0. The van der Waals surface area contributed by atoms with Gasteiger partial charge in [0.15, 0.2) is 0 Å². The standard InChI is InChI=1S/C108H73BN4S/c1-13-39-74(40-14-1)82-65-91(78-47-21-5-22-48-78)105(92(66-82)79-49-23-6-24-50-79)112-100-69-89(76-43-17-3-18-44-76)98(110(84-55-29-9-30-56-84)85-57-31-10-32-58-85)72-96(100)109-97-73-99(111(86-59-33-11-34-60-86)87-61-35-12-36-62-87)90(77-45-19-4-20-46-77)70-101(97)113(107-104(109)102(112)71-95-88-63-37-38-64-103(88)114-108(95)107)106-93(80-51-25-7-26-52-80)67-83(75-41-15-2-16-42-75)68-94(106)81-53-27-8-28-54-81/h1-73H. The van der Waals surface area contributed by atoms with E-state index in [1.807, 2.05) is 11.3 Å². The summed E-state index contributed by atoms with van der Waals surface area (Å²) in [5.74, 6) is 0. The van der Waals surface area contributed by atoms with Crippen molar-refractivity contribution in [1.82, 2.24) is 0 Å². The summed E-state index contributed by atoms with van der Waals surface area (Å²) in [7, 11) is 0. The average molecular weight is 1470 g/mol. The Morgan fingerprint density at radius 3 is 0.833 bits per heavy atom. The second-order valence-corrected chi connectivity index (χ2v) is 30.4. The molecule has 3 heterocycles. The minimum Gasteiger partial charge on any atom is -0.310 e. The van der Waals surface area contributed by atoms with Gasteiger partial charge in [-0.25, -0.2) is 0 Å². The van der Waals surface area contributed by atoms with Crippen LogP contribution in [-0.2, 0) is 0 Å². The lowest BCUT2D eigenvalue weighted by Gasteiger charge is -2.47. The normalized spacial score (nSPS) is 12.0. The first-order valence-corrected chi connectivity index (χ1v) is 40.0.